The molecule has 0 saturated carbocycles. The van der Waals surface area contributed by atoms with E-state index >= 15 is 0 Å². The van der Waals surface area contributed by atoms with E-state index in [1.165, 1.54) is 7.11 Å². The van der Waals surface area contributed by atoms with E-state index in [4.69, 9.17) is 9.47 Å². The zero-order chi connectivity index (χ0) is 20.6. The third-order valence-corrected chi connectivity index (χ3v) is 5.01. The number of nitrogens with zero attached hydrogens (tertiary/aromatic N) is 1. The quantitative estimate of drug-likeness (QED) is 0.459. The van der Waals surface area contributed by atoms with Gasteiger partial charge in [-0.2, -0.15) is 0 Å². The molecule has 0 aliphatic heterocycles. The molecule has 0 aliphatic carbocycles. The van der Waals surface area contributed by atoms with Crippen molar-refractivity contribution in [1.82, 2.24) is 4.98 Å². The van der Waals surface area contributed by atoms with Gasteiger partial charge in [0.05, 0.1) is 18.9 Å². The summed E-state index contributed by atoms with van der Waals surface area (Å²) in [4.78, 5) is 16.7. The van der Waals surface area contributed by atoms with Gasteiger partial charge in [-0.25, -0.2) is 4.79 Å². The van der Waals surface area contributed by atoms with Crippen molar-refractivity contribution >= 4 is 5.97 Å². The van der Waals surface area contributed by atoms with Gasteiger partial charge in [0.25, 0.3) is 0 Å². The zero-order valence-electron chi connectivity index (χ0n) is 17.3. The first kappa shape index (κ1) is 20.6. The van der Waals surface area contributed by atoms with Crippen molar-refractivity contribution in [2.24, 2.45) is 0 Å². The van der Waals surface area contributed by atoms with Crippen molar-refractivity contribution in [3.05, 3.63) is 83.2 Å². The molecule has 0 bridgehead atoms. The van der Waals surface area contributed by atoms with Crippen LogP contribution >= 0.6 is 0 Å². The number of aromatic nitrogens is 1. The smallest absolute Gasteiger partial charge is 0.338 e. The average molecular weight is 389 g/mol. The third-order valence-electron chi connectivity index (χ3n) is 5.01. The predicted molar refractivity (Wildman–Crippen MR) is 115 cm³/mol. The van der Waals surface area contributed by atoms with Crippen LogP contribution in [0.15, 0.2) is 60.9 Å². The molecule has 1 aromatic heterocycles. The van der Waals surface area contributed by atoms with Crippen LogP contribution in [0.5, 0.6) is 5.75 Å². The lowest BCUT2D eigenvalue weighted by Crippen LogP contribution is -2.09. The van der Waals surface area contributed by atoms with Crippen LogP contribution in [0.2, 0.25) is 0 Å². The van der Waals surface area contributed by atoms with E-state index in [1.807, 2.05) is 49.4 Å². The largest absolute Gasteiger partial charge is 0.487 e. The van der Waals surface area contributed by atoms with E-state index < -0.39 is 0 Å². The summed E-state index contributed by atoms with van der Waals surface area (Å²) in [7, 11) is 1.43. The molecule has 0 spiro atoms. The first-order valence-corrected chi connectivity index (χ1v) is 9.97. The van der Waals surface area contributed by atoms with Crippen LogP contribution in [0.25, 0.3) is 11.1 Å². The molecule has 150 valence electrons. The van der Waals surface area contributed by atoms with Gasteiger partial charge < -0.3 is 9.47 Å². The van der Waals surface area contributed by atoms with Gasteiger partial charge in [0.15, 0.2) is 0 Å². The van der Waals surface area contributed by atoms with Crippen molar-refractivity contribution in [2.45, 2.75) is 39.7 Å². The molecular weight excluding hydrogens is 362 g/mol. The highest BCUT2D eigenvalue weighted by molar-refractivity contribution is 5.98. The summed E-state index contributed by atoms with van der Waals surface area (Å²) >= 11 is 0. The van der Waals surface area contributed by atoms with Gasteiger partial charge in [-0.15, -0.1) is 0 Å². The first-order valence-electron chi connectivity index (χ1n) is 9.97. The molecule has 4 heteroatoms. The van der Waals surface area contributed by atoms with E-state index in [1.54, 1.807) is 12.4 Å². The Labute approximate surface area is 172 Å². The molecule has 1 heterocycles. The number of carbonyl (C=O) groups excluding carboxylic acids is 1. The number of benzene rings is 2. The minimum absolute atomic E-state index is 0.319. The minimum Gasteiger partial charge on any atom is -0.487 e. The number of carbonyl (C=O) groups is 1. The van der Waals surface area contributed by atoms with Crippen LogP contribution < -0.4 is 4.74 Å². The van der Waals surface area contributed by atoms with E-state index in [0.29, 0.717) is 12.2 Å². The fourth-order valence-electron chi connectivity index (χ4n) is 3.39. The van der Waals surface area contributed by atoms with E-state index in [2.05, 4.69) is 18.0 Å². The number of pyridine rings is 1. The van der Waals surface area contributed by atoms with E-state index in [-0.39, 0.29) is 5.97 Å². The number of ether oxygens (including phenoxy) is 2. The Balaban J connectivity index is 2.07. The fraction of sp³-hybridized carbons (Fsp3) is 0.280. The summed E-state index contributed by atoms with van der Waals surface area (Å²) in [5.41, 5.74) is 5.80. The molecule has 0 radical (unpaired) electrons. The van der Waals surface area contributed by atoms with Crippen molar-refractivity contribution in [3.8, 4) is 16.9 Å². The van der Waals surface area contributed by atoms with Crippen LogP contribution in [0.4, 0.5) is 0 Å². The Bertz CT molecular complexity index is 967. The Morgan fingerprint density at radius 2 is 1.86 bits per heavy atom. The lowest BCUT2D eigenvalue weighted by molar-refractivity contribution is 0.0601. The number of hydrogen-bond donors (Lipinski definition) is 0. The summed E-state index contributed by atoms with van der Waals surface area (Å²) in [5.74, 6) is 0.407. The highest BCUT2D eigenvalue weighted by Crippen LogP contribution is 2.31. The molecule has 0 atom stereocenters. The number of methoxy groups -OCH3 is 1. The van der Waals surface area contributed by atoms with E-state index in [0.717, 1.165) is 52.8 Å². The van der Waals surface area contributed by atoms with Crippen molar-refractivity contribution in [1.29, 1.82) is 0 Å². The highest BCUT2D eigenvalue weighted by atomic mass is 16.5. The lowest BCUT2D eigenvalue weighted by Gasteiger charge is -2.17. The number of aryl methyl sites for hydroxylation is 2. The second-order valence-corrected chi connectivity index (χ2v) is 7.05. The van der Waals surface area contributed by atoms with Gasteiger partial charge in [-0.3, -0.25) is 4.98 Å². The molecule has 2 aromatic carbocycles. The minimum atomic E-state index is -0.319. The molecule has 0 saturated heterocycles. The van der Waals surface area contributed by atoms with Crippen LogP contribution in [0, 0.1) is 6.92 Å². The topological polar surface area (TPSA) is 48.4 Å². The summed E-state index contributed by atoms with van der Waals surface area (Å²) < 4.78 is 11.1. The summed E-state index contributed by atoms with van der Waals surface area (Å²) in [6, 6.07) is 15.9. The SMILES string of the molecule is CCCCc1cc(C(=O)OC)c(-c2ccccc2C)cc1COc1cccnc1. The van der Waals surface area contributed by atoms with Crippen molar-refractivity contribution < 1.29 is 14.3 Å². The number of esters is 1. The van der Waals surface area contributed by atoms with Crippen LogP contribution in [-0.4, -0.2) is 18.1 Å². The lowest BCUT2D eigenvalue weighted by atomic mass is 9.90. The Morgan fingerprint density at radius 3 is 2.55 bits per heavy atom. The standard InChI is InChI=1S/C25H27NO3/c1-4-5-10-19-14-24(25(27)28-3)23(22-12-7-6-9-18(22)2)15-20(19)17-29-21-11-8-13-26-16-21/h6-9,11-16H,4-5,10,17H2,1-3H3. The van der Waals surface area contributed by atoms with Crippen molar-refractivity contribution in [3.63, 3.8) is 0 Å². The second-order valence-electron chi connectivity index (χ2n) is 7.05. The molecule has 0 N–H and O–H groups in total. The molecule has 0 fully saturated rings. The second kappa shape index (κ2) is 9.87. The van der Waals surface area contributed by atoms with Gasteiger partial charge in [0, 0.05) is 6.20 Å². The maximum absolute atomic E-state index is 12.6. The van der Waals surface area contributed by atoms with Gasteiger partial charge in [-0.05, 0) is 71.8 Å². The van der Waals surface area contributed by atoms with Gasteiger partial charge in [-0.1, -0.05) is 37.6 Å². The Morgan fingerprint density at radius 1 is 1.03 bits per heavy atom. The zero-order valence-corrected chi connectivity index (χ0v) is 17.3. The van der Waals surface area contributed by atoms with Gasteiger partial charge >= 0.3 is 5.97 Å². The maximum atomic E-state index is 12.6. The van der Waals surface area contributed by atoms with Gasteiger partial charge in [0.1, 0.15) is 12.4 Å². The number of unbranched alkanes of at least 4 members (excludes halogenated alkanes) is 1. The first-order chi connectivity index (χ1) is 14.1. The van der Waals surface area contributed by atoms with Gasteiger partial charge in [0.2, 0.25) is 0 Å². The van der Waals surface area contributed by atoms with Crippen molar-refractivity contribution in [2.75, 3.05) is 7.11 Å². The molecular formula is C25H27NO3. The molecule has 0 aliphatic rings. The maximum Gasteiger partial charge on any atom is 0.338 e. The van der Waals surface area contributed by atoms with Crippen LogP contribution in [-0.2, 0) is 17.8 Å². The summed E-state index contributed by atoms with van der Waals surface area (Å²) in [6.07, 6.45) is 6.44. The Hall–Kier alpha value is -3.14. The van der Waals surface area contributed by atoms with E-state index in [9.17, 15) is 4.79 Å². The fourth-order valence-corrected chi connectivity index (χ4v) is 3.39. The number of hydrogen-bond acceptors (Lipinski definition) is 4. The predicted octanol–water partition coefficient (Wildman–Crippen LogP) is 5.77. The van der Waals surface area contributed by atoms with Crippen LogP contribution in [0.3, 0.4) is 0 Å². The molecule has 3 aromatic rings. The number of rotatable bonds is 8. The molecule has 3 rings (SSSR count). The third kappa shape index (κ3) is 5.02. The van der Waals surface area contributed by atoms with Crippen LogP contribution in [0.1, 0.15) is 46.8 Å². The summed E-state index contributed by atoms with van der Waals surface area (Å²) in [6.45, 7) is 4.63. The average Bonchev–Trinajstić information content (AvgIpc) is 2.76. The Kier molecular flexibility index (Phi) is 7.01. The molecule has 29 heavy (non-hydrogen) atoms. The molecule has 0 amide bonds. The molecule has 0 unspecified atom stereocenters. The monoisotopic (exact) mass is 389 g/mol. The summed E-state index contributed by atoms with van der Waals surface area (Å²) in [5, 5.41) is 0. The normalized spacial score (nSPS) is 10.6. The molecule has 4 nitrogen and oxygen atoms in total. The highest BCUT2D eigenvalue weighted by Gasteiger charge is 2.19.